The number of non-ortho nitro benzene ring substituents is 1. The van der Waals surface area contributed by atoms with Crippen molar-refractivity contribution in [3.8, 4) is 0 Å². The van der Waals surface area contributed by atoms with Gasteiger partial charge in [0.2, 0.25) is 0 Å². The third-order valence-corrected chi connectivity index (χ3v) is 2.64. The molecule has 0 aliphatic carbocycles. The molecule has 0 aliphatic heterocycles. The zero-order valence-electron chi connectivity index (χ0n) is 11.3. The molecule has 0 saturated carbocycles. The van der Waals surface area contributed by atoms with Crippen LogP contribution in [0.15, 0.2) is 24.3 Å². The molecule has 1 aromatic carbocycles. The molecular weight excluding hydrogens is 246 g/mol. The van der Waals surface area contributed by atoms with Crippen molar-refractivity contribution in [1.29, 1.82) is 0 Å². The summed E-state index contributed by atoms with van der Waals surface area (Å²) in [6.45, 7) is 2.00. The summed E-state index contributed by atoms with van der Waals surface area (Å²) in [5.41, 5.74) is 0.487. The van der Waals surface area contributed by atoms with E-state index >= 15 is 0 Å². The Morgan fingerprint density at radius 1 is 1.32 bits per heavy atom. The average Bonchev–Trinajstić information content (AvgIpc) is 2.37. The lowest BCUT2D eigenvalue weighted by molar-refractivity contribution is -0.384. The third-order valence-electron chi connectivity index (χ3n) is 2.64. The molecule has 1 rings (SSSR count). The molecule has 104 valence electrons. The van der Waals surface area contributed by atoms with Crippen LogP contribution in [0.1, 0.15) is 16.8 Å². The zero-order valence-corrected chi connectivity index (χ0v) is 11.3. The Bertz CT molecular complexity index is 429. The number of rotatable bonds is 8. The van der Waals surface area contributed by atoms with Crippen LogP contribution in [-0.2, 0) is 0 Å². The van der Waals surface area contributed by atoms with Crippen molar-refractivity contribution in [1.82, 2.24) is 10.2 Å². The van der Waals surface area contributed by atoms with Crippen LogP contribution in [0, 0.1) is 10.1 Å². The lowest BCUT2D eigenvalue weighted by atomic mass is 10.1. The van der Waals surface area contributed by atoms with Crippen LogP contribution in [0.2, 0.25) is 0 Å². The van der Waals surface area contributed by atoms with Gasteiger partial charge in [-0.3, -0.25) is 14.9 Å². The number of nitrogens with zero attached hydrogens (tertiary/aromatic N) is 2. The van der Waals surface area contributed by atoms with E-state index in [0.717, 1.165) is 19.5 Å². The Labute approximate surface area is 112 Å². The average molecular weight is 265 g/mol. The van der Waals surface area contributed by atoms with Crippen LogP contribution in [-0.4, -0.2) is 49.3 Å². The molecule has 0 unspecified atom stereocenters. The largest absolute Gasteiger partial charge is 0.310 e. The fourth-order valence-electron chi connectivity index (χ4n) is 1.59. The Morgan fingerprint density at radius 2 is 1.95 bits per heavy atom. The Kier molecular flexibility index (Phi) is 6.11. The molecule has 1 aromatic rings. The topological polar surface area (TPSA) is 75.5 Å². The molecule has 6 heteroatoms. The molecule has 0 spiro atoms. The normalized spacial score (nSPS) is 10.7. The first-order chi connectivity index (χ1) is 9.00. The summed E-state index contributed by atoms with van der Waals surface area (Å²) in [4.78, 5) is 23.9. The fourth-order valence-corrected chi connectivity index (χ4v) is 1.59. The van der Waals surface area contributed by atoms with Gasteiger partial charge in [-0.1, -0.05) is 0 Å². The van der Waals surface area contributed by atoms with E-state index in [9.17, 15) is 14.9 Å². The van der Waals surface area contributed by atoms with Crippen molar-refractivity contribution >= 4 is 11.5 Å². The maximum atomic E-state index is 11.8. The first kappa shape index (κ1) is 15.3. The molecule has 0 aromatic heterocycles. The summed E-state index contributed by atoms with van der Waals surface area (Å²) in [6.07, 6.45) is 0.973. The first-order valence-corrected chi connectivity index (χ1v) is 6.14. The highest BCUT2D eigenvalue weighted by molar-refractivity contribution is 5.97. The number of hydrogen-bond acceptors (Lipinski definition) is 5. The first-order valence-electron chi connectivity index (χ1n) is 6.14. The van der Waals surface area contributed by atoms with Gasteiger partial charge in [0.25, 0.3) is 5.69 Å². The van der Waals surface area contributed by atoms with Gasteiger partial charge in [0, 0.05) is 17.7 Å². The summed E-state index contributed by atoms with van der Waals surface area (Å²) in [5.74, 6) is -0.0558. The van der Waals surface area contributed by atoms with Crippen molar-refractivity contribution in [2.24, 2.45) is 0 Å². The second-order valence-corrected chi connectivity index (χ2v) is 4.56. The lowest BCUT2D eigenvalue weighted by Crippen LogP contribution is -2.26. The summed E-state index contributed by atoms with van der Waals surface area (Å²) < 4.78 is 0. The van der Waals surface area contributed by atoms with Gasteiger partial charge in [0.15, 0.2) is 5.78 Å². The van der Waals surface area contributed by atoms with Crippen LogP contribution in [0.3, 0.4) is 0 Å². The predicted molar refractivity (Wildman–Crippen MR) is 73.5 cm³/mol. The van der Waals surface area contributed by atoms with Crippen molar-refractivity contribution in [2.75, 3.05) is 33.7 Å². The Hall–Kier alpha value is -1.79. The van der Waals surface area contributed by atoms with Crippen LogP contribution < -0.4 is 5.32 Å². The second-order valence-electron chi connectivity index (χ2n) is 4.56. The number of nitrogens with one attached hydrogen (secondary N) is 1. The molecule has 0 amide bonds. The van der Waals surface area contributed by atoms with E-state index in [1.54, 1.807) is 0 Å². The standard InChI is InChI=1S/C13H19N3O3/c1-15(2)9-3-8-14-10-13(17)11-4-6-12(7-5-11)16(18)19/h4-7,14H,3,8-10H2,1-2H3. The van der Waals surface area contributed by atoms with Gasteiger partial charge >= 0.3 is 0 Å². The number of ketones is 1. The summed E-state index contributed by atoms with van der Waals surface area (Å²) in [6, 6.07) is 5.67. The molecule has 0 saturated heterocycles. The van der Waals surface area contributed by atoms with Gasteiger partial charge in [0.1, 0.15) is 0 Å². The molecule has 0 fully saturated rings. The molecule has 0 heterocycles. The zero-order chi connectivity index (χ0) is 14.3. The fraction of sp³-hybridized carbons (Fsp3) is 0.462. The summed E-state index contributed by atoms with van der Waals surface area (Å²) >= 11 is 0. The second kappa shape index (κ2) is 7.60. The molecule has 0 radical (unpaired) electrons. The van der Waals surface area contributed by atoms with E-state index in [0.29, 0.717) is 5.56 Å². The SMILES string of the molecule is CN(C)CCCNCC(=O)c1ccc([N+](=O)[O-])cc1. The van der Waals surface area contributed by atoms with Gasteiger partial charge < -0.3 is 10.2 Å². The quantitative estimate of drug-likeness (QED) is 0.332. The van der Waals surface area contributed by atoms with Gasteiger partial charge in [0.05, 0.1) is 11.5 Å². The highest BCUT2D eigenvalue weighted by atomic mass is 16.6. The van der Waals surface area contributed by atoms with Crippen molar-refractivity contribution in [2.45, 2.75) is 6.42 Å². The highest BCUT2D eigenvalue weighted by Crippen LogP contribution is 2.11. The van der Waals surface area contributed by atoms with E-state index in [1.807, 2.05) is 14.1 Å². The van der Waals surface area contributed by atoms with E-state index in [4.69, 9.17) is 0 Å². The maximum absolute atomic E-state index is 11.8. The van der Waals surface area contributed by atoms with Crippen molar-refractivity contribution in [3.05, 3.63) is 39.9 Å². The van der Waals surface area contributed by atoms with Crippen LogP contribution >= 0.6 is 0 Å². The van der Waals surface area contributed by atoms with Gasteiger partial charge in [-0.05, 0) is 45.7 Å². The summed E-state index contributed by atoms with van der Waals surface area (Å²) in [7, 11) is 4.00. The number of nitro benzene ring substituents is 1. The molecular formula is C13H19N3O3. The minimum Gasteiger partial charge on any atom is -0.310 e. The number of Topliss-reactive ketones (excluding diaryl/α,β-unsaturated/α-hetero) is 1. The number of carbonyl (C=O) groups is 1. The van der Waals surface area contributed by atoms with Crippen LogP contribution in [0.25, 0.3) is 0 Å². The highest BCUT2D eigenvalue weighted by Gasteiger charge is 2.08. The van der Waals surface area contributed by atoms with Crippen molar-refractivity contribution < 1.29 is 9.72 Å². The summed E-state index contributed by atoms with van der Waals surface area (Å²) in [5, 5.41) is 13.6. The molecule has 0 atom stereocenters. The van der Waals surface area contributed by atoms with Crippen molar-refractivity contribution in [3.63, 3.8) is 0 Å². The predicted octanol–water partition coefficient (Wildman–Crippen LogP) is 1.32. The minimum atomic E-state index is -0.478. The van der Waals surface area contributed by atoms with E-state index in [1.165, 1.54) is 24.3 Å². The van der Waals surface area contributed by atoms with E-state index in [-0.39, 0.29) is 18.0 Å². The molecule has 1 N–H and O–H groups in total. The van der Waals surface area contributed by atoms with E-state index in [2.05, 4.69) is 10.2 Å². The molecule has 6 nitrogen and oxygen atoms in total. The monoisotopic (exact) mass is 265 g/mol. The van der Waals surface area contributed by atoms with Gasteiger partial charge in [-0.15, -0.1) is 0 Å². The Morgan fingerprint density at radius 3 is 2.47 bits per heavy atom. The maximum Gasteiger partial charge on any atom is 0.269 e. The molecule has 19 heavy (non-hydrogen) atoms. The molecule has 0 bridgehead atoms. The van der Waals surface area contributed by atoms with Gasteiger partial charge in [-0.2, -0.15) is 0 Å². The third kappa shape index (κ3) is 5.58. The minimum absolute atomic E-state index is 0.00417. The number of nitro groups is 1. The van der Waals surface area contributed by atoms with Crippen LogP contribution in [0.5, 0.6) is 0 Å². The van der Waals surface area contributed by atoms with Crippen LogP contribution in [0.4, 0.5) is 5.69 Å². The van der Waals surface area contributed by atoms with Gasteiger partial charge in [-0.25, -0.2) is 0 Å². The van der Waals surface area contributed by atoms with E-state index < -0.39 is 4.92 Å². The number of benzene rings is 1. The lowest BCUT2D eigenvalue weighted by Gasteiger charge is -2.09. The number of hydrogen-bond donors (Lipinski definition) is 1. The molecule has 0 aliphatic rings. The smallest absolute Gasteiger partial charge is 0.269 e. The Balaban J connectivity index is 2.35. The number of carbonyl (C=O) groups excluding carboxylic acids is 1.